The Balaban J connectivity index is 2.36. The number of aromatic nitrogens is 2. The van der Waals surface area contributed by atoms with Gasteiger partial charge in [0.05, 0.1) is 14.3 Å². The third-order valence-electron chi connectivity index (χ3n) is 2.79. The van der Waals surface area contributed by atoms with Gasteiger partial charge in [0.15, 0.2) is 0 Å². The van der Waals surface area contributed by atoms with Crippen molar-refractivity contribution in [2.24, 2.45) is 0 Å². The lowest BCUT2D eigenvalue weighted by atomic mass is 10.1. The quantitative estimate of drug-likeness (QED) is 0.775. The molecule has 20 heavy (non-hydrogen) atoms. The summed E-state index contributed by atoms with van der Waals surface area (Å²) in [6.45, 7) is 4.70. The monoisotopic (exact) mass is 405 g/mol. The van der Waals surface area contributed by atoms with Crippen LogP contribution in [0.15, 0.2) is 18.2 Å². The normalized spacial score (nSPS) is 10.7. The molecule has 0 saturated heterocycles. The first-order valence-electron chi connectivity index (χ1n) is 6.22. The summed E-state index contributed by atoms with van der Waals surface area (Å²) in [7, 11) is 0. The van der Waals surface area contributed by atoms with E-state index in [1.54, 1.807) is 12.1 Å². The van der Waals surface area contributed by atoms with Gasteiger partial charge in [-0.15, -0.1) is 0 Å². The zero-order valence-electron chi connectivity index (χ0n) is 11.2. The van der Waals surface area contributed by atoms with Crippen molar-refractivity contribution in [2.75, 3.05) is 11.9 Å². The molecular formula is C14H14ClFIN3. The van der Waals surface area contributed by atoms with Crippen molar-refractivity contribution in [1.82, 2.24) is 9.97 Å². The van der Waals surface area contributed by atoms with Crippen LogP contribution in [0.25, 0.3) is 0 Å². The van der Waals surface area contributed by atoms with E-state index >= 15 is 0 Å². The molecule has 0 bridgehead atoms. The fraction of sp³-hybridized carbons (Fsp3) is 0.286. The Morgan fingerprint density at radius 1 is 1.35 bits per heavy atom. The minimum atomic E-state index is -0.404. The fourth-order valence-corrected chi connectivity index (χ4v) is 2.46. The Kier molecular flexibility index (Phi) is 5.15. The van der Waals surface area contributed by atoms with E-state index in [1.807, 2.05) is 13.8 Å². The summed E-state index contributed by atoms with van der Waals surface area (Å²) in [5.41, 5.74) is 1.38. The Hall–Kier alpha value is -0.950. The summed E-state index contributed by atoms with van der Waals surface area (Å²) >= 11 is 7.99. The van der Waals surface area contributed by atoms with Crippen LogP contribution in [0.1, 0.15) is 24.0 Å². The zero-order valence-corrected chi connectivity index (χ0v) is 14.1. The first-order valence-corrected chi connectivity index (χ1v) is 7.68. The molecule has 0 fully saturated rings. The van der Waals surface area contributed by atoms with E-state index in [1.165, 1.54) is 6.07 Å². The van der Waals surface area contributed by atoms with Crippen molar-refractivity contribution in [1.29, 1.82) is 0 Å². The maximum Gasteiger partial charge on any atom is 0.145 e. The highest BCUT2D eigenvalue weighted by atomic mass is 127. The largest absolute Gasteiger partial charge is 0.369 e. The molecule has 0 saturated carbocycles. The molecule has 2 rings (SSSR count). The van der Waals surface area contributed by atoms with E-state index in [-0.39, 0.29) is 5.02 Å². The predicted octanol–water partition coefficient (Wildman–Crippen LogP) is 4.20. The van der Waals surface area contributed by atoms with Crippen LogP contribution >= 0.6 is 34.2 Å². The van der Waals surface area contributed by atoms with Crippen LogP contribution < -0.4 is 5.32 Å². The zero-order chi connectivity index (χ0) is 14.7. The SMILES string of the molecule is CCNc1nc(Cc2cccc(Cl)c2F)nc(C)c1I. The average Bonchev–Trinajstić information content (AvgIpc) is 2.41. The molecule has 0 aliphatic rings. The van der Waals surface area contributed by atoms with Gasteiger partial charge in [-0.25, -0.2) is 14.4 Å². The molecule has 0 aliphatic heterocycles. The Bertz CT molecular complexity index is 634. The van der Waals surface area contributed by atoms with Crippen molar-refractivity contribution < 1.29 is 4.39 Å². The van der Waals surface area contributed by atoms with E-state index in [9.17, 15) is 4.39 Å². The standard InChI is InChI=1S/C14H14ClFIN3/c1-3-18-14-13(17)8(2)19-11(20-14)7-9-5-4-6-10(15)12(9)16/h4-6H,3,7H2,1-2H3,(H,18,19,20). The van der Waals surface area contributed by atoms with Gasteiger partial charge in [0.25, 0.3) is 0 Å². The van der Waals surface area contributed by atoms with Gasteiger partial charge in [0.1, 0.15) is 17.5 Å². The number of nitrogens with one attached hydrogen (secondary N) is 1. The highest BCUT2D eigenvalue weighted by Gasteiger charge is 2.12. The first kappa shape index (κ1) is 15.4. The summed E-state index contributed by atoms with van der Waals surface area (Å²) in [5.74, 6) is 0.969. The molecule has 1 heterocycles. The van der Waals surface area contributed by atoms with Crippen molar-refractivity contribution in [3.05, 3.63) is 49.7 Å². The maximum absolute atomic E-state index is 13.9. The number of benzene rings is 1. The van der Waals surface area contributed by atoms with Gasteiger partial charge < -0.3 is 5.32 Å². The summed E-state index contributed by atoms with van der Waals surface area (Å²) in [6.07, 6.45) is 0.322. The summed E-state index contributed by atoms with van der Waals surface area (Å²) in [4.78, 5) is 8.86. The topological polar surface area (TPSA) is 37.8 Å². The molecule has 0 atom stereocenters. The minimum Gasteiger partial charge on any atom is -0.369 e. The average molecular weight is 406 g/mol. The lowest BCUT2D eigenvalue weighted by Gasteiger charge is -2.10. The molecule has 1 aromatic carbocycles. The van der Waals surface area contributed by atoms with E-state index in [2.05, 4.69) is 37.9 Å². The number of hydrogen-bond donors (Lipinski definition) is 1. The third-order valence-corrected chi connectivity index (χ3v) is 4.37. The molecular weight excluding hydrogens is 392 g/mol. The highest BCUT2D eigenvalue weighted by Crippen LogP contribution is 2.22. The summed E-state index contributed by atoms with van der Waals surface area (Å²) in [5, 5.41) is 3.31. The molecule has 1 aromatic heterocycles. The summed E-state index contributed by atoms with van der Waals surface area (Å²) < 4.78 is 14.9. The smallest absolute Gasteiger partial charge is 0.145 e. The predicted molar refractivity (Wildman–Crippen MR) is 87.9 cm³/mol. The molecule has 0 unspecified atom stereocenters. The molecule has 1 N–H and O–H groups in total. The third kappa shape index (κ3) is 3.38. The van der Waals surface area contributed by atoms with Crippen LogP contribution in [0, 0.1) is 16.3 Å². The van der Waals surface area contributed by atoms with Crippen LogP contribution in [0.5, 0.6) is 0 Å². The molecule has 3 nitrogen and oxygen atoms in total. The summed E-state index contributed by atoms with van der Waals surface area (Å²) in [6, 6.07) is 4.96. The second kappa shape index (κ2) is 6.67. The lowest BCUT2D eigenvalue weighted by molar-refractivity contribution is 0.612. The number of hydrogen-bond acceptors (Lipinski definition) is 3. The van der Waals surface area contributed by atoms with Crippen LogP contribution in [0.4, 0.5) is 10.2 Å². The first-order chi connectivity index (χ1) is 9.52. The number of aryl methyl sites for hydroxylation is 1. The van der Waals surface area contributed by atoms with Gasteiger partial charge in [-0.2, -0.15) is 0 Å². The number of nitrogens with zero attached hydrogens (tertiary/aromatic N) is 2. The molecule has 0 radical (unpaired) electrons. The Morgan fingerprint density at radius 2 is 2.10 bits per heavy atom. The van der Waals surface area contributed by atoms with Crippen molar-refractivity contribution in [3.63, 3.8) is 0 Å². The molecule has 6 heteroatoms. The van der Waals surface area contributed by atoms with Crippen molar-refractivity contribution in [2.45, 2.75) is 20.3 Å². The molecule has 106 valence electrons. The highest BCUT2D eigenvalue weighted by molar-refractivity contribution is 14.1. The van der Waals surface area contributed by atoms with Gasteiger partial charge in [-0.3, -0.25) is 0 Å². The van der Waals surface area contributed by atoms with Crippen molar-refractivity contribution in [3.8, 4) is 0 Å². The van der Waals surface area contributed by atoms with Gasteiger partial charge in [0.2, 0.25) is 0 Å². The molecule has 0 amide bonds. The number of rotatable bonds is 4. The second-order valence-electron chi connectivity index (χ2n) is 4.31. The second-order valence-corrected chi connectivity index (χ2v) is 5.79. The van der Waals surface area contributed by atoms with E-state index in [0.29, 0.717) is 17.8 Å². The number of anilines is 1. The molecule has 2 aromatic rings. The van der Waals surface area contributed by atoms with Gasteiger partial charge in [-0.05, 0) is 48.1 Å². The van der Waals surface area contributed by atoms with Gasteiger partial charge >= 0.3 is 0 Å². The maximum atomic E-state index is 13.9. The van der Waals surface area contributed by atoms with E-state index in [0.717, 1.165) is 21.6 Å². The Labute approximate surface area is 136 Å². The van der Waals surface area contributed by atoms with Gasteiger partial charge in [0, 0.05) is 13.0 Å². The van der Waals surface area contributed by atoms with Crippen LogP contribution in [0.3, 0.4) is 0 Å². The molecule has 0 spiro atoms. The van der Waals surface area contributed by atoms with E-state index in [4.69, 9.17) is 11.6 Å². The number of halogens is 3. The minimum absolute atomic E-state index is 0.122. The fourth-order valence-electron chi connectivity index (χ4n) is 1.84. The molecule has 0 aliphatic carbocycles. The van der Waals surface area contributed by atoms with E-state index < -0.39 is 5.82 Å². The van der Waals surface area contributed by atoms with Crippen LogP contribution in [-0.2, 0) is 6.42 Å². The van der Waals surface area contributed by atoms with Crippen LogP contribution in [0.2, 0.25) is 5.02 Å². The van der Waals surface area contributed by atoms with Crippen LogP contribution in [-0.4, -0.2) is 16.5 Å². The lowest BCUT2D eigenvalue weighted by Crippen LogP contribution is -2.09. The van der Waals surface area contributed by atoms with Crippen molar-refractivity contribution >= 4 is 40.0 Å². The Morgan fingerprint density at radius 3 is 2.80 bits per heavy atom. The van der Waals surface area contributed by atoms with Gasteiger partial charge in [-0.1, -0.05) is 23.7 Å².